The minimum Gasteiger partial charge on any atom is -0.455 e. The van der Waals surface area contributed by atoms with Gasteiger partial charge in [-0.15, -0.1) is 11.8 Å². The molecule has 3 aromatic rings. The number of rotatable bonds is 5. The first-order valence-corrected chi connectivity index (χ1v) is 8.41. The summed E-state index contributed by atoms with van der Waals surface area (Å²) in [6, 6.07) is 15.4. The van der Waals surface area contributed by atoms with E-state index in [1.165, 1.54) is 0 Å². The molecule has 0 unspecified atom stereocenters. The van der Waals surface area contributed by atoms with Crippen LogP contribution in [0.2, 0.25) is 0 Å². The SMILES string of the molecule is O=CNC1=CSCN1c1nc2c(Oc3ccccc3)cccc2[nH]1. The maximum atomic E-state index is 10.7. The van der Waals surface area contributed by atoms with E-state index in [2.05, 4.69) is 15.3 Å². The summed E-state index contributed by atoms with van der Waals surface area (Å²) in [6.07, 6.45) is 0.664. The number of nitrogens with zero attached hydrogens (tertiary/aromatic N) is 2. The standard InChI is InChI=1S/C17H14N4O2S/c22-10-18-15-9-24-11-21(15)17-19-13-7-4-8-14(16(13)20-17)23-12-5-2-1-3-6-12/h1-10H,11H2,(H,18,22)(H,19,20). The molecule has 1 aliphatic heterocycles. The van der Waals surface area contributed by atoms with Gasteiger partial charge in [-0.25, -0.2) is 4.98 Å². The van der Waals surface area contributed by atoms with Gasteiger partial charge in [0.1, 0.15) is 17.1 Å². The van der Waals surface area contributed by atoms with Crippen molar-refractivity contribution < 1.29 is 9.53 Å². The molecule has 120 valence electrons. The molecule has 0 atom stereocenters. The fraction of sp³-hybridized carbons (Fsp3) is 0.0588. The number of benzene rings is 2. The van der Waals surface area contributed by atoms with Crippen LogP contribution in [-0.4, -0.2) is 22.3 Å². The lowest BCUT2D eigenvalue weighted by Gasteiger charge is -2.16. The van der Waals surface area contributed by atoms with Crippen molar-refractivity contribution in [3.8, 4) is 11.5 Å². The molecular weight excluding hydrogens is 324 g/mol. The molecule has 4 rings (SSSR count). The van der Waals surface area contributed by atoms with Gasteiger partial charge in [-0.1, -0.05) is 24.3 Å². The first-order valence-electron chi connectivity index (χ1n) is 7.36. The summed E-state index contributed by atoms with van der Waals surface area (Å²) in [5.41, 5.74) is 1.62. The van der Waals surface area contributed by atoms with Gasteiger partial charge in [0.05, 0.1) is 11.4 Å². The van der Waals surface area contributed by atoms with Gasteiger partial charge in [0.15, 0.2) is 5.75 Å². The van der Waals surface area contributed by atoms with Crippen molar-refractivity contribution in [2.45, 2.75) is 0 Å². The number of nitrogens with one attached hydrogen (secondary N) is 2. The van der Waals surface area contributed by atoms with E-state index in [1.54, 1.807) is 11.8 Å². The topological polar surface area (TPSA) is 70.2 Å². The van der Waals surface area contributed by atoms with E-state index >= 15 is 0 Å². The minimum atomic E-state index is 0.664. The number of fused-ring (bicyclic) bond motifs is 1. The summed E-state index contributed by atoms with van der Waals surface area (Å²) in [5.74, 6) is 3.50. The van der Waals surface area contributed by atoms with Crippen molar-refractivity contribution in [2.24, 2.45) is 0 Å². The molecule has 24 heavy (non-hydrogen) atoms. The molecule has 7 heteroatoms. The number of carbonyl (C=O) groups excluding carboxylic acids is 1. The normalized spacial score (nSPS) is 13.8. The van der Waals surface area contributed by atoms with Crippen LogP contribution >= 0.6 is 11.8 Å². The molecule has 0 spiro atoms. The fourth-order valence-corrected chi connectivity index (χ4v) is 3.33. The summed E-state index contributed by atoms with van der Waals surface area (Å²) < 4.78 is 5.95. The summed E-state index contributed by atoms with van der Waals surface area (Å²) >= 11 is 1.59. The first-order chi connectivity index (χ1) is 11.8. The predicted molar refractivity (Wildman–Crippen MR) is 94.8 cm³/mol. The van der Waals surface area contributed by atoms with E-state index in [0.29, 0.717) is 29.8 Å². The molecule has 0 radical (unpaired) electrons. The maximum Gasteiger partial charge on any atom is 0.212 e. The summed E-state index contributed by atoms with van der Waals surface area (Å²) in [6.45, 7) is 0. The van der Waals surface area contributed by atoms with Crippen LogP contribution < -0.4 is 15.0 Å². The number of hydrogen-bond acceptors (Lipinski definition) is 5. The molecule has 0 saturated heterocycles. The summed E-state index contributed by atoms with van der Waals surface area (Å²) in [7, 11) is 0. The van der Waals surface area contributed by atoms with Gasteiger partial charge >= 0.3 is 0 Å². The Balaban J connectivity index is 1.70. The van der Waals surface area contributed by atoms with E-state index < -0.39 is 0 Å². The molecule has 0 saturated carbocycles. The Bertz CT molecular complexity index is 907. The lowest BCUT2D eigenvalue weighted by molar-refractivity contribution is -0.108. The van der Waals surface area contributed by atoms with E-state index in [1.807, 2.05) is 58.8 Å². The molecule has 0 aliphatic carbocycles. The average molecular weight is 338 g/mol. The zero-order valence-electron chi connectivity index (χ0n) is 12.6. The van der Waals surface area contributed by atoms with Crippen LogP contribution in [0.1, 0.15) is 0 Å². The highest BCUT2D eigenvalue weighted by atomic mass is 32.2. The number of para-hydroxylation sites is 2. The van der Waals surface area contributed by atoms with Gasteiger partial charge < -0.3 is 15.0 Å². The van der Waals surface area contributed by atoms with Crippen molar-refractivity contribution in [1.82, 2.24) is 15.3 Å². The number of imidazole rings is 1. The van der Waals surface area contributed by atoms with Crippen LogP contribution in [-0.2, 0) is 4.79 Å². The number of hydrogen-bond donors (Lipinski definition) is 2. The van der Waals surface area contributed by atoms with Gasteiger partial charge in [-0.2, -0.15) is 0 Å². The quantitative estimate of drug-likeness (QED) is 0.698. The highest BCUT2D eigenvalue weighted by Crippen LogP contribution is 2.32. The van der Waals surface area contributed by atoms with E-state index in [9.17, 15) is 4.79 Å². The third-order valence-corrected chi connectivity index (χ3v) is 4.38. The molecular formula is C17H14N4O2S. The Morgan fingerprint density at radius 2 is 2.08 bits per heavy atom. The first kappa shape index (κ1) is 14.6. The maximum absolute atomic E-state index is 10.7. The lowest BCUT2D eigenvalue weighted by atomic mass is 10.3. The Labute approximate surface area is 142 Å². The molecule has 2 heterocycles. The van der Waals surface area contributed by atoms with Crippen LogP contribution in [0.3, 0.4) is 0 Å². The summed E-state index contributed by atoms with van der Waals surface area (Å²) in [5, 5.41) is 4.58. The molecule has 1 aliphatic rings. The zero-order chi connectivity index (χ0) is 16.4. The second kappa shape index (κ2) is 6.29. The molecule has 2 aromatic carbocycles. The summed E-state index contributed by atoms with van der Waals surface area (Å²) in [4.78, 5) is 20.6. The number of H-pyrrole nitrogens is 1. The molecule has 1 amide bonds. The van der Waals surface area contributed by atoms with Gasteiger partial charge in [-0.05, 0) is 24.3 Å². The molecule has 0 fully saturated rings. The molecule has 2 N–H and O–H groups in total. The Kier molecular flexibility index (Phi) is 3.84. The zero-order valence-corrected chi connectivity index (χ0v) is 13.4. The minimum absolute atomic E-state index is 0.664. The number of aromatic amines is 1. The van der Waals surface area contributed by atoms with E-state index in [4.69, 9.17) is 4.74 Å². The largest absolute Gasteiger partial charge is 0.455 e. The second-order valence-electron chi connectivity index (χ2n) is 5.12. The van der Waals surface area contributed by atoms with Crippen molar-refractivity contribution in [3.63, 3.8) is 0 Å². The third-order valence-electron chi connectivity index (χ3n) is 3.59. The lowest BCUT2D eigenvalue weighted by Crippen LogP contribution is -2.28. The van der Waals surface area contributed by atoms with Gasteiger partial charge in [0.25, 0.3) is 0 Å². The van der Waals surface area contributed by atoms with E-state index in [0.717, 1.165) is 16.8 Å². The van der Waals surface area contributed by atoms with Crippen LogP contribution in [0, 0.1) is 0 Å². The van der Waals surface area contributed by atoms with E-state index in [-0.39, 0.29) is 0 Å². The van der Waals surface area contributed by atoms with Gasteiger partial charge in [0.2, 0.25) is 12.4 Å². The monoisotopic (exact) mass is 338 g/mol. The Hall–Kier alpha value is -2.93. The van der Waals surface area contributed by atoms with Crippen LogP contribution in [0.5, 0.6) is 11.5 Å². The Morgan fingerprint density at radius 1 is 1.21 bits per heavy atom. The van der Waals surface area contributed by atoms with Gasteiger partial charge in [-0.3, -0.25) is 9.69 Å². The van der Waals surface area contributed by atoms with Crippen molar-refractivity contribution >= 4 is 35.2 Å². The molecule has 0 bridgehead atoms. The average Bonchev–Trinajstić information content (AvgIpc) is 3.23. The van der Waals surface area contributed by atoms with Crippen LogP contribution in [0.25, 0.3) is 11.0 Å². The van der Waals surface area contributed by atoms with Crippen LogP contribution in [0.15, 0.2) is 59.8 Å². The molecule has 1 aromatic heterocycles. The molecule has 6 nitrogen and oxygen atoms in total. The number of aromatic nitrogens is 2. The third kappa shape index (κ3) is 2.69. The number of ether oxygens (including phenoxy) is 1. The smallest absolute Gasteiger partial charge is 0.212 e. The number of carbonyl (C=O) groups is 1. The number of thioether (sulfide) groups is 1. The van der Waals surface area contributed by atoms with Crippen LogP contribution in [0.4, 0.5) is 5.95 Å². The van der Waals surface area contributed by atoms with Crippen molar-refractivity contribution in [2.75, 3.05) is 10.8 Å². The number of anilines is 1. The second-order valence-corrected chi connectivity index (χ2v) is 5.94. The van der Waals surface area contributed by atoms with Crippen molar-refractivity contribution in [1.29, 1.82) is 0 Å². The van der Waals surface area contributed by atoms with Crippen molar-refractivity contribution in [3.05, 3.63) is 59.8 Å². The highest BCUT2D eigenvalue weighted by Gasteiger charge is 2.21. The highest BCUT2D eigenvalue weighted by molar-refractivity contribution is 8.02. The fourth-order valence-electron chi connectivity index (χ4n) is 2.49. The predicted octanol–water partition coefficient (Wildman–Crippen LogP) is 3.41. The van der Waals surface area contributed by atoms with Gasteiger partial charge in [0, 0.05) is 5.41 Å². The number of amides is 1. The Morgan fingerprint density at radius 3 is 2.92 bits per heavy atom.